The van der Waals surface area contributed by atoms with Crippen LogP contribution in [0.3, 0.4) is 0 Å². The number of hydrogen-bond donors (Lipinski definition) is 2. The van der Waals surface area contributed by atoms with Crippen LogP contribution in [0.25, 0.3) is 10.8 Å². The van der Waals surface area contributed by atoms with Crippen LogP contribution >= 0.6 is 0 Å². The number of phenolic OH excluding ortho intramolecular Hbond substituents is 1. The third-order valence-corrected chi connectivity index (χ3v) is 4.78. The Morgan fingerprint density at radius 1 is 1.19 bits per heavy atom. The first-order valence-corrected chi connectivity index (χ1v) is 7.47. The van der Waals surface area contributed by atoms with Crippen LogP contribution in [0.15, 0.2) is 36.4 Å². The van der Waals surface area contributed by atoms with Gasteiger partial charge in [-0.25, -0.2) is 0 Å². The summed E-state index contributed by atoms with van der Waals surface area (Å²) in [6.45, 7) is 2.59. The summed E-state index contributed by atoms with van der Waals surface area (Å²) in [4.78, 5) is 14.5. The van der Waals surface area contributed by atoms with Crippen LogP contribution in [0.2, 0.25) is 0 Å². The molecule has 0 unspecified atom stereocenters. The van der Waals surface area contributed by atoms with Gasteiger partial charge in [0.15, 0.2) is 0 Å². The number of carbonyl (C=O) groups excluding carboxylic acids is 1. The topological polar surface area (TPSA) is 52.6 Å². The molecule has 2 atom stereocenters. The fraction of sp³-hybridized carbons (Fsp3) is 0.353. The number of carbonyl (C=O) groups is 1. The quantitative estimate of drug-likeness (QED) is 0.841. The standard InChI is InChI=1S/C17H18N2O2/c20-16-13-4-2-1-3-11(13)5-6-14(16)17(21)19-9-12-7-8-18-15(12)10-19/h1-6,12,15,18,20H,7-10H2/t12-,15+/m0/s1. The van der Waals surface area contributed by atoms with Gasteiger partial charge in [-0.3, -0.25) is 4.79 Å². The van der Waals surface area contributed by atoms with Crippen LogP contribution < -0.4 is 5.32 Å². The zero-order valence-electron chi connectivity index (χ0n) is 11.7. The summed E-state index contributed by atoms with van der Waals surface area (Å²) in [5.41, 5.74) is 0.411. The van der Waals surface area contributed by atoms with Gasteiger partial charge in [0.05, 0.1) is 5.56 Å². The molecular weight excluding hydrogens is 264 g/mol. The zero-order valence-corrected chi connectivity index (χ0v) is 11.7. The highest BCUT2D eigenvalue weighted by atomic mass is 16.3. The van der Waals surface area contributed by atoms with Crippen molar-refractivity contribution in [2.45, 2.75) is 12.5 Å². The average molecular weight is 282 g/mol. The average Bonchev–Trinajstić information content (AvgIpc) is 3.08. The third-order valence-electron chi connectivity index (χ3n) is 4.78. The number of rotatable bonds is 1. The van der Waals surface area contributed by atoms with E-state index in [4.69, 9.17) is 0 Å². The summed E-state index contributed by atoms with van der Waals surface area (Å²) in [7, 11) is 0. The lowest BCUT2D eigenvalue weighted by molar-refractivity contribution is 0.0780. The Morgan fingerprint density at radius 2 is 2.05 bits per heavy atom. The Balaban J connectivity index is 1.67. The van der Waals surface area contributed by atoms with Gasteiger partial charge in [0, 0.05) is 24.5 Å². The monoisotopic (exact) mass is 282 g/mol. The molecule has 2 N–H and O–H groups in total. The number of nitrogens with zero attached hydrogens (tertiary/aromatic N) is 1. The van der Waals surface area contributed by atoms with E-state index in [0.29, 0.717) is 17.5 Å². The Morgan fingerprint density at radius 3 is 2.90 bits per heavy atom. The first-order valence-electron chi connectivity index (χ1n) is 7.47. The van der Waals surface area contributed by atoms with E-state index >= 15 is 0 Å². The number of amides is 1. The van der Waals surface area contributed by atoms with Gasteiger partial charge in [0.1, 0.15) is 5.75 Å². The highest BCUT2D eigenvalue weighted by Gasteiger charge is 2.38. The number of phenols is 1. The molecule has 0 aliphatic carbocycles. The molecule has 0 spiro atoms. The highest BCUT2D eigenvalue weighted by molar-refractivity contribution is 6.03. The molecule has 0 radical (unpaired) electrons. The molecule has 0 saturated carbocycles. The summed E-state index contributed by atoms with van der Waals surface area (Å²) in [5.74, 6) is 0.606. The van der Waals surface area contributed by atoms with Crippen LogP contribution in [0.4, 0.5) is 0 Å². The smallest absolute Gasteiger partial charge is 0.257 e. The van der Waals surface area contributed by atoms with Crippen LogP contribution in [0.5, 0.6) is 5.75 Å². The molecule has 2 aromatic carbocycles. The number of fused-ring (bicyclic) bond motifs is 2. The maximum atomic E-state index is 12.7. The molecule has 21 heavy (non-hydrogen) atoms. The molecule has 2 aliphatic heterocycles. The Bertz CT molecular complexity index is 701. The third kappa shape index (κ3) is 1.98. The van der Waals surface area contributed by atoms with Crippen molar-refractivity contribution in [3.63, 3.8) is 0 Å². The van der Waals surface area contributed by atoms with Crippen LogP contribution in [0, 0.1) is 5.92 Å². The molecule has 2 fully saturated rings. The molecule has 1 amide bonds. The predicted molar refractivity (Wildman–Crippen MR) is 81.4 cm³/mol. The summed E-state index contributed by atoms with van der Waals surface area (Å²) in [5, 5.41) is 15.6. The van der Waals surface area contributed by atoms with Gasteiger partial charge in [-0.2, -0.15) is 0 Å². The summed E-state index contributed by atoms with van der Waals surface area (Å²) in [6.07, 6.45) is 1.14. The van der Waals surface area contributed by atoms with E-state index in [2.05, 4.69) is 5.32 Å². The Hall–Kier alpha value is -2.07. The normalized spacial score (nSPS) is 24.5. The van der Waals surface area contributed by atoms with E-state index in [0.717, 1.165) is 36.8 Å². The minimum Gasteiger partial charge on any atom is -0.506 e. The van der Waals surface area contributed by atoms with E-state index in [-0.39, 0.29) is 11.7 Å². The largest absolute Gasteiger partial charge is 0.506 e. The number of likely N-dealkylation sites (tertiary alicyclic amines) is 1. The molecule has 0 bridgehead atoms. The summed E-state index contributed by atoms with van der Waals surface area (Å²) in [6, 6.07) is 11.7. The molecule has 2 saturated heterocycles. The van der Waals surface area contributed by atoms with Crippen molar-refractivity contribution < 1.29 is 9.90 Å². The second-order valence-electron chi connectivity index (χ2n) is 6.00. The fourth-order valence-corrected chi connectivity index (χ4v) is 3.61. The molecule has 4 rings (SSSR count). The molecule has 2 aliphatic rings. The maximum absolute atomic E-state index is 12.7. The van der Waals surface area contributed by atoms with Gasteiger partial charge in [0.2, 0.25) is 0 Å². The van der Waals surface area contributed by atoms with Crippen molar-refractivity contribution in [1.82, 2.24) is 10.2 Å². The first kappa shape index (κ1) is 12.7. The van der Waals surface area contributed by atoms with E-state index in [1.165, 1.54) is 0 Å². The van der Waals surface area contributed by atoms with Crippen LogP contribution in [-0.4, -0.2) is 41.6 Å². The fourth-order valence-electron chi connectivity index (χ4n) is 3.61. The molecule has 4 nitrogen and oxygen atoms in total. The van der Waals surface area contributed by atoms with Gasteiger partial charge >= 0.3 is 0 Å². The molecule has 108 valence electrons. The van der Waals surface area contributed by atoms with E-state index in [1.807, 2.05) is 35.2 Å². The SMILES string of the molecule is O=C(c1ccc2ccccc2c1O)N1C[C@@H]2CCN[C@@H]2C1. The second-order valence-corrected chi connectivity index (χ2v) is 6.00. The van der Waals surface area contributed by atoms with E-state index in [9.17, 15) is 9.90 Å². The number of hydrogen-bond acceptors (Lipinski definition) is 3. The van der Waals surface area contributed by atoms with Crippen molar-refractivity contribution in [3.05, 3.63) is 42.0 Å². The summed E-state index contributed by atoms with van der Waals surface area (Å²) >= 11 is 0. The molecule has 4 heteroatoms. The van der Waals surface area contributed by atoms with Crippen molar-refractivity contribution >= 4 is 16.7 Å². The molecule has 0 aromatic heterocycles. The van der Waals surface area contributed by atoms with Gasteiger partial charge in [-0.15, -0.1) is 0 Å². The van der Waals surface area contributed by atoms with Gasteiger partial charge < -0.3 is 15.3 Å². The van der Waals surface area contributed by atoms with Crippen molar-refractivity contribution in [3.8, 4) is 5.75 Å². The van der Waals surface area contributed by atoms with Gasteiger partial charge in [0.25, 0.3) is 5.91 Å². The van der Waals surface area contributed by atoms with Gasteiger partial charge in [-0.1, -0.05) is 30.3 Å². The van der Waals surface area contributed by atoms with Crippen LogP contribution in [0.1, 0.15) is 16.8 Å². The van der Waals surface area contributed by atoms with Crippen molar-refractivity contribution in [2.75, 3.05) is 19.6 Å². The maximum Gasteiger partial charge on any atom is 0.257 e. The lowest BCUT2D eigenvalue weighted by atomic mass is 10.0. The summed E-state index contributed by atoms with van der Waals surface area (Å²) < 4.78 is 0. The molecular formula is C17H18N2O2. The second kappa shape index (κ2) is 4.74. The van der Waals surface area contributed by atoms with Crippen molar-refractivity contribution in [2.24, 2.45) is 5.92 Å². The van der Waals surface area contributed by atoms with E-state index in [1.54, 1.807) is 6.07 Å². The first-order chi connectivity index (χ1) is 10.2. The molecule has 2 heterocycles. The lowest BCUT2D eigenvalue weighted by Gasteiger charge is -2.18. The predicted octanol–water partition coefficient (Wildman–Crippen LogP) is 1.98. The number of aromatic hydroxyl groups is 1. The van der Waals surface area contributed by atoms with E-state index < -0.39 is 0 Å². The zero-order chi connectivity index (χ0) is 14.4. The lowest BCUT2D eigenvalue weighted by Crippen LogP contribution is -2.34. The Labute approximate surface area is 123 Å². The number of benzene rings is 2. The van der Waals surface area contributed by atoms with Crippen molar-refractivity contribution in [1.29, 1.82) is 0 Å². The number of nitrogens with one attached hydrogen (secondary N) is 1. The van der Waals surface area contributed by atoms with Crippen LogP contribution in [-0.2, 0) is 0 Å². The minimum atomic E-state index is -0.0607. The van der Waals surface area contributed by atoms with Gasteiger partial charge in [-0.05, 0) is 30.3 Å². The minimum absolute atomic E-state index is 0.0607. The highest BCUT2D eigenvalue weighted by Crippen LogP contribution is 2.32. The Kier molecular flexibility index (Phi) is 2.86. The molecule has 2 aromatic rings.